The Hall–Kier alpha value is -2.66. The second kappa shape index (κ2) is 7.27. The van der Waals surface area contributed by atoms with Crippen molar-refractivity contribution in [1.29, 1.82) is 0 Å². The fraction of sp³-hybridized carbons (Fsp3) is 0.0526. The molecule has 1 N–H and O–H groups in total. The minimum absolute atomic E-state index is 0.151. The Kier molecular flexibility index (Phi) is 4.91. The molecule has 0 atom stereocenters. The van der Waals surface area contributed by atoms with Crippen molar-refractivity contribution in [3.8, 4) is 0 Å². The largest absolute Gasteiger partial charge is 0.319 e. The maximum Gasteiger partial charge on any atom is 0.258 e. The molecule has 3 nitrogen and oxygen atoms in total. The van der Waals surface area contributed by atoms with Crippen LogP contribution >= 0.6 is 11.8 Å². The smallest absolute Gasteiger partial charge is 0.258 e. The first kappa shape index (κ1) is 16.2. The third-order valence-corrected chi connectivity index (χ3v) is 4.40. The van der Waals surface area contributed by atoms with Crippen molar-refractivity contribution in [3.63, 3.8) is 0 Å². The normalized spacial score (nSPS) is 10.4. The van der Waals surface area contributed by atoms with Crippen LogP contribution in [0.25, 0.3) is 0 Å². The Balaban J connectivity index is 1.84. The molecule has 120 valence electrons. The van der Waals surface area contributed by atoms with E-state index in [1.807, 2.05) is 31.2 Å². The van der Waals surface area contributed by atoms with Crippen LogP contribution in [0.2, 0.25) is 0 Å². The van der Waals surface area contributed by atoms with E-state index in [2.05, 4.69) is 10.3 Å². The Labute approximate surface area is 143 Å². The number of amides is 1. The molecular weight excluding hydrogens is 323 g/mol. The Bertz CT molecular complexity index is 865. The summed E-state index contributed by atoms with van der Waals surface area (Å²) in [5.74, 6) is -0.856. The van der Waals surface area contributed by atoms with Gasteiger partial charge in [-0.05, 0) is 43.3 Å². The second-order valence-corrected chi connectivity index (χ2v) is 6.27. The molecule has 0 aliphatic rings. The summed E-state index contributed by atoms with van der Waals surface area (Å²) in [7, 11) is 0. The van der Waals surface area contributed by atoms with Crippen molar-refractivity contribution in [2.24, 2.45) is 0 Å². The van der Waals surface area contributed by atoms with E-state index in [1.165, 1.54) is 23.9 Å². The molecule has 0 fully saturated rings. The van der Waals surface area contributed by atoms with Crippen LogP contribution in [0.3, 0.4) is 0 Å². The molecule has 1 heterocycles. The highest BCUT2D eigenvalue weighted by atomic mass is 32.2. The summed E-state index contributed by atoms with van der Waals surface area (Å²) >= 11 is 1.40. The lowest BCUT2D eigenvalue weighted by Gasteiger charge is -2.09. The van der Waals surface area contributed by atoms with Gasteiger partial charge in [0, 0.05) is 11.1 Å². The summed E-state index contributed by atoms with van der Waals surface area (Å²) in [4.78, 5) is 17.8. The van der Waals surface area contributed by atoms with Crippen LogP contribution in [0.4, 0.5) is 10.1 Å². The Morgan fingerprint density at radius 3 is 2.54 bits per heavy atom. The van der Waals surface area contributed by atoms with Crippen LogP contribution in [-0.4, -0.2) is 10.9 Å². The highest BCUT2D eigenvalue weighted by molar-refractivity contribution is 7.99. The molecule has 3 rings (SSSR count). The lowest BCUT2D eigenvalue weighted by atomic mass is 10.2. The summed E-state index contributed by atoms with van der Waals surface area (Å²) in [5.41, 5.74) is 1.72. The minimum Gasteiger partial charge on any atom is -0.319 e. The maximum absolute atomic E-state index is 13.7. The predicted octanol–water partition coefficient (Wildman–Crippen LogP) is 4.93. The monoisotopic (exact) mass is 338 g/mol. The van der Waals surface area contributed by atoms with Gasteiger partial charge in [-0.3, -0.25) is 4.79 Å². The number of nitrogens with one attached hydrogen (secondary N) is 1. The van der Waals surface area contributed by atoms with E-state index in [0.29, 0.717) is 10.6 Å². The SMILES string of the molecule is Cc1ccc(Sc2ncccc2C(=O)Nc2ccccc2F)cc1. The van der Waals surface area contributed by atoms with Crippen LogP contribution in [-0.2, 0) is 0 Å². The zero-order valence-corrected chi connectivity index (χ0v) is 13.8. The van der Waals surface area contributed by atoms with Crippen molar-refractivity contribution in [3.05, 3.63) is 83.8 Å². The highest BCUT2D eigenvalue weighted by Gasteiger charge is 2.15. The van der Waals surface area contributed by atoms with Gasteiger partial charge in [-0.1, -0.05) is 41.6 Å². The number of hydrogen-bond donors (Lipinski definition) is 1. The van der Waals surface area contributed by atoms with Gasteiger partial charge in [-0.25, -0.2) is 9.37 Å². The van der Waals surface area contributed by atoms with E-state index < -0.39 is 5.82 Å². The van der Waals surface area contributed by atoms with Crippen LogP contribution in [0.1, 0.15) is 15.9 Å². The molecule has 1 amide bonds. The third-order valence-electron chi connectivity index (χ3n) is 3.37. The summed E-state index contributed by atoms with van der Waals surface area (Å²) in [6.45, 7) is 2.02. The van der Waals surface area contributed by atoms with Gasteiger partial charge in [0.2, 0.25) is 0 Å². The second-order valence-electron chi connectivity index (χ2n) is 5.21. The van der Waals surface area contributed by atoms with Gasteiger partial charge < -0.3 is 5.32 Å². The quantitative estimate of drug-likeness (QED) is 0.733. The first-order valence-corrected chi connectivity index (χ1v) is 8.20. The molecular formula is C19H15FN2OS. The molecule has 0 saturated carbocycles. The van der Waals surface area contributed by atoms with Gasteiger partial charge in [-0.2, -0.15) is 0 Å². The number of benzene rings is 2. The number of para-hydroxylation sites is 1. The molecule has 0 aliphatic carbocycles. The number of halogens is 1. The van der Waals surface area contributed by atoms with Gasteiger partial charge in [-0.15, -0.1) is 0 Å². The van der Waals surface area contributed by atoms with Crippen LogP contribution < -0.4 is 5.32 Å². The first-order valence-electron chi connectivity index (χ1n) is 7.39. The molecule has 0 spiro atoms. The fourth-order valence-corrected chi connectivity index (χ4v) is 2.99. The molecule has 0 unspecified atom stereocenters. The maximum atomic E-state index is 13.7. The van der Waals surface area contributed by atoms with Crippen LogP contribution in [0.5, 0.6) is 0 Å². The first-order chi connectivity index (χ1) is 11.6. The lowest BCUT2D eigenvalue weighted by Crippen LogP contribution is -2.14. The van der Waals surface area contributed by atoms with E-state index in [9.17, 15) is 9.18 Å². The number of rotatable bonds is 4. The molecule has 0 aliphatic heterocycles. The zero-order valence-electron chi connectivity index (χ0n) is 13.0. The number of aryl methyl sites for hydroxylation is 1. The average Bonchev–Trinajstić information content (AvgIpc) is 2.59. The number of nitrogens with zero attached hydrogens (tertiary/aromatic N) is 1. The fourth-order valence-electron chi connectivity index (χ4n) is 2.12. The molecule has 5 heteroatoms. The summed E-state index contributed by atoms with van der Waals surface area (Å²) in [6.07, 6.45) is 1.64. The summed E-state index contributed by atoms with van der Waals surface area (Å²) in [6, 6.07) is 17.4. The van der Waals surface area contributed by atoms with Crippen molar-refractivity contribution in [2.45, 2.75) is 16.8 Å². The summed E-state index contributed by atoms with van der Waals surface area (Å²) < 4.78 is 13.7. The highest BCUT2D eigenvalue weighted by Crippen LogP contribution is 2.29. The molecule has 0 radical (unpaired) electrons. The van der Waals surface area contributed by atoms with Gasteiger partial charge >= 0.3 is 0 Å². The van der Waals surface area contributed by atoms with Gasteiger partial charge in [0.1, 0.15) is 10.8 Å². The van der Waals surface area contributed by atoms with Crippen molar-refractivity contribution in [2.75, 3.05) is 5.32 Å². The Morgan fingerprint density at radius 2 is 1.79 bits per heavy atom. The number of pyridine rings is 1. The van der Waals surface area contributed by atoms with Gasteiger partial charge in [0.05, 0.1) is 11.3 Å². The van der Waals surface area contributed by atoms with Crippen molar-refractivity contribution < 1.29 is 9.18 Å². The van der Waals surface area contributed by atoms with Gasteiger partial charge in [0.25, 0.3) is 5.91 Å². The van der Waals surface area contributed by atoms with Crippen LogP contribution in [0.15, 0.2) is 76.8 Å². The van der Waals surface area contributed by atoms with E-state index in [4.69, 9.17) is 0 Å². The third kappa shape index (κ3) is 3.81. The van der Waals surface area contributed by atoms with Crippen molar-refractivity contribution in [1.82, 2.24) is 4.98 Å². The van der Waals surface area contributed by atoms with E-state index in [-0.39, 0.29) is 11.6 Å². The van der Waals surface area contributed by atoms with E-state index in [1.54, 1.807) is 30.5 Å². The molecule has 24 heavy (non-hydrogen) atoms. The topological polar surface area (TPSA) is 42.0 Å². The molecule has 2 aromatic carbocycles. The van der Waals surface area contributed by atoms with Crippen LogP contribution in [0, 0.1) is 12.7 Å². The number of anilines is 1. The number of carbonyl (C=O) groups is 1. The van der Waals surface area contributed by atoms with E-state index in [0.717, 1.165) is 10.5 Å². The standard InChI is InChI=1S/C19H15FN2OS/c1-13-8-10-14(11-9-13)24-19-15(5-4-12-21-19)18(23)22-17-7-3-2-6-16(17)20/h2-12H,1H3,(H,22,23). The molecule has 3 aromatic rings. The van der Waals surface area contributed by atoms with E-state index >= 15 is 0 Å². The predicted molar refractivity (Wildman–Crippen MR) is 93.9 cm³/mol. The zero-order chi connectivity index (χ0) is 16.9. The molecule has 0 saturated heterocycles. The lowest BCUT2D eigenvalue weighted by molar-refractivity contribution is 0.102. The average molecular weight is 338 g/mol. The van der Waals surface area contributed by atoms with Gasteiger partial charge in [0.15, 0.2) is 0 Å². The molecule has 1 aromatic heterocycles. The minimum atomic E-state index is -0.470. The number of carbonyl (C=O) groups excluding carboxylic acids is 1. The Morgan fingerprint density at radius 1 is 1.04 bits per heavy atom. The molecule has 0 bridgehead atoms. The van der Waals surface area contributed by atoms with Crippen molar-refractivity contribution >= 4 is 23.4 Å². The number of hydrogen-bond acceptors (Lipinski definition) is 3. The summed E-state index contributed by atoms with van der Waals surface area (Å²) in [5, 5.41) is 3.17. The number of aromatic nitrogens is 1.